The van der Waals surface area contributed by atoms with Crippen LogP contribution in [0.25, 0.3) is 11.3 Å². The van der Waals surface area contributed by atoms with Crippen molar-refractivity contribution >= 4 is 47.9 Å². The maximum Gasteiger partial charge on any atom is 0.286 e. The molecule has 14 heteroatoms. The Kier molecular flexibility index (Phi) is 11.6. The lowest BCUT2D eigenvalue weighted by molar-refractivity contribution is -0.511. The summed E-state index contributed by atoms with van der Waals surface area (Å²) in [5.41, 5.74) is 12.0. The van der Waals surface area contributed by atoms with Crippen molar-refractivity contribution in [3.63, 3.8) is 0 Å². The van der Waals surface area contributed by atoms with Gasteiger partial charge >= 0.3 is 0 Å². The van der Waals surface area contributed by atoms with Gasteiger partial charge in [-0.25, -0.2) is 28.3 Å². The molecule has 0 saturated carbocycles. The second-order valence-corrected chi connectivity index (χ2v) is 11.0. The summed E-state index contributed by atoms with van der Waals surface area (Å²) in [5, 5.41) is 8.58. The third kappa shape index (κ3) is 8.35. The number of aromatic nitrogens is 6. The summed E-state index contributed by atoms with van der Waals surface area (Å²) in [7, 11) is 4.07. The molecule has 0 aliphatic carbocycles. The van der Waals surface area contributed by atoms with E-state index in [4.69, 9.17) is 9.47 Å². The molecule has 2 N–H and O–H groups in total. The zero-order valence-electron chi connectivity index (χ0n) is 27.3. The molecule has 0 bridgehead atoms. The van der Waals surface area contributed by atoms with E-state index in [-0.39, 0.29) is 24.8 Å². The van der Waals surface area contributed by atoms with Crippen LogP contribution in [0.3, 0.4) is 0 Å². The summed E-state index contributed by atoms with van der Waals surface area (Å²) in [6.07, 6.45) is 13.2. The summed E-state index contributed by atoms with van der Waals surface area (Å²) in [5.74, 6) is 2.42. The van der Waals surface area contributed by atoms with Crippen LogP contribution in [-0.4, -0.2) is 31.5 Å². The fraction of sp³-hybridized carbons (Fsp3) is 0.111. The molecule has 0 radical (unpaired) electrons. The first-order valence-corrected chi connectivity index (χ1v) is 15.4. The van der Waals surface area contributed by atoms with Gasteiger partial charge in [0.05, 0.1) is 38.9 Å². The topological polar surface area (TPSA) is 111 Å². The molecule has 7 rings (SSSR count). The van der Waals surface area contributed by atoms with Gasteiger partial charge in [-0.2, -0.15) is 15.2 Å². The first-order valence-electron chi connectivity index (χ1n) is 15.4. The van der Waals surface area contributed by atoms with Gasteiger partial charge in [0.25, 0.3) is 11.3 Å². The quantitative estimate of drug-likeness (QED) is 0.114. The van der Waals surface area contributed by atoms with Crippen LogP contribution in [0.4, 0.5) is 11.8 Å². The molecule has 0 amide bonds. The van der Waals surface area contributed by atoms with Gasteiger partial charge in [0, 0.05) is 24.4 Å². The SMILES string of the molecule is Cl.Cn1c(COc2ccc(/C=N/Nc3ccnc(N/N=C/c4ccc(OCc5c[n+]6ccccc6n5C)cc4)n3)cc2)c[n+]2ccccc12.[Cl-]. The molecule has 50 heavy (non-hydrogen) atoms. The number of rotatable bonds is 12. The molecule has 2 aromatic carbocycles. The molecule has 5 aromatic heterocycles. The number of imidazole rings is 2. The molecule has 0 atom stereocenters. The lowest BCUT2D eigenvalue weighted by Gasteiger charge is -2.05. The van der Waals surface area contributed by atoms with E-state index in [0.717, 1.165) is 45.3 Å². The van der Waals surface area contributed by atoms with Gasteiger partial charge in [-0.1, -0.05) is 12.1 Å². The smallest absolute Gasteiger partial charge is 0.286 e. The molecule has 5 heterocycles. The molecular formula is C36H35Cl2N10O2+. The number of fused-ring (bicyclic) bond motifs is 2. The molecule has 7 aromatic rings. The second kappa shape index (κ2) is 16.4. The Balaban J connectivity index is 0.00000243. The summed E-state index contributed by atoms with van der Waals surface area (Å²) in [4.78, 5) is 8.63. The monoisotopic (exact) mass is 709 g/mol. The van der Waals surface area contributed by atoms with Gasteiger partial charge in [-0.15, -0.1) is 12.4 Å². The Morgan fingerprint density at radius 2 is 1.18 bits per heavy atom. The van der Waals surface area contributed by atoms with Crippen LogP contribution in [-0.2, 0) is 27.3 Å². The number of pyridine rings is 2. The number of nitrogens with one attached hydrogen (secondary N) is 2. The Morgan fingerprint density at radius 1 is 0.680 bits per heavy atom. The van der Waals surface area contributed by atoms with Crippen LogP contribution >= 0.6 is 12.4 Å². The van der Waals surface area contributed by atoms with Crippen LogP contribution in [0.5, 0.6) is 11.5 Å². The number of benzene rings is 2. The average molecular weight is 711 g/mol. The van der Waals surface area contributed by atoms with Gasteiger partial charge < -0.3 is 21.9 Å². The number of halogens is 2. The maximum absolute atomic E-state index is 6.01. The summed E-state index contributed by atoms with van der Waals surface area (Å²) < 4.78 is 20.4. The van der Waals surface area contributed by atoms with E-state index in [1.807, 2.05) is 99.3 Å². The highest BCUT2D eigenvalue weighted by atomic mass is 35.5. The van der Waals surface area contributed by atoms with Crippen LogP contribution in [0.2, 0.25) is 0 Å². The van der Waals surface area contributed by atoms with Crippen LogP contribution in [0.15, 0.2) is 132 Å². The first-order chi connectivity index (χ1) is 23.6. The fourth-order valence-corrected chi connectivity index (χ4v) is 5.17. The number of hydrogen-bond donors (Lipinski definition) is 2. The highest BCUT2D eigenvalue weighted by Gasteiger charge is 2.15. The van der Waals surface area contributed by atoms with E-state index < -0.39 is 0 Å². The second-order valence-electron chi connectivity index (χ2n) is 11.0. The van der Waals surface area contributed by atoms with Crippen molar-refractivity contribution in [3.8, 4) is 11.5 Å². The minimum Gasteiger partial charge on any atom is -1.00 e. The number of ether oxygens (including phenoxy) is 2. The largest absolute Gasteiger partial charge is 1.00 e. The van der Waals surface area contributed by atoms with E-state index in [9.17, 15) is 0 Å². The average Bonchev–Trinajstić information content (AvgIpc) is 3.63. The Bertz CT molecular complexity index is 2080. The molecule has 0 aliphatic rings. The predicted molar refractivity (Wildman–Crippen MR) is 190 cm³/mol. The number of hydrazone groups is 2. The highest BCUT2D eigenvalue weighted by Crippen LogP contribution is 2.16. The van der Waals surface area contributed by atoms with Crippen molar-refractivity contribution in [3.05, 3.63) is 144 Å². The minimum atomic E-state index is 0. The zero-order chi connectivity index (χ0) is 32.7. The molecule has 12 nitrogen and oxygen atoms in total. The van der Waals surface area contributed by atoms with Crippen molar-refractivity contribution in [1.82, 2.24) is 19.1 Å². The first kappa shape index (κ1) is 35.3. The van der Waals surface area contributed by atoms with Crippen molar-refractivity contribution in [2.45, 2.75) is 13.2 Å². The standard InChI is InChI=1S/C36H34N10O2.2ClH/c1-43-29(23-45-19-5-3-7-34(43)45)25-47-31-13-9-27(10-14-31)21-38-41-33-17-18-37-36(40-33)42-39-22-28-11-15-32(16-12-28)48-26-30-24-46-20-6-4-8-35(46)44(30)2;;/h3-24H,25-26H2,1-2H3,(H2,37,40,41,42);2*1H/q+2;;/p-1/b38-21+,39-22+;;. The summed E-state index contributed by atoms with van der Waals surface area (Å²) >= 11 is 0. The normalized spacial score (nSPS) is 11.1. The molecule has 254 valence electrons. The molecule has 0 fully saturated rings. The Hall–Kier alpha value is -5.98. The zero-order valence-corrected chi connectivity index (χ0v) is 28.9. The third-order valence-electron chi connectivity index (χ3n) is 7.82. The number of anilines is 2. The number of hydrogen-bond acceptors (Lipinski definition) is 8. The highest BCUT2D eigenvalue weighted by molar-refractivity contribution is 5.85. The van der Waals surface area contributed by atoms with Crippen LogP contribution < -0.4 is 41.5 Å². The summed E-state index contributed by atoms with van der Waals surface area (Å²) in [6.45, 7) is 0.932. The Labute approximate surface area is 301 Å². The van der Waals surface area contributed by atoms with Gasteiger partial charge in [0.2, 0.25) is 5.95 Å². The van der Waals surface area contributed by atoms with Crippen molar-refractivity contribution in [2.75, 3.05) is 10.9 Å². The minimum absolute atomic E-state index is 0. The lowest BCUT2D eigenvalue weighted by Crippen LogP contribution is -3.00. The molecule has 0 saturated heterocycles. The fourth-order valence-electron chi connectivity index (χ4n) is 5.17. The number of nitrogens with zero attached hydrogens (tertiary/aromatic N) is 8. The van der Waals surface area contributed by atoms with Gasteiger partial charge in [0.15, 0.2) is 30.4 Å². The molecular weight excluding hydrogens is 675 g/mol. The van der Waals surface area contributed by atoms with E-state index >= 15 is 0 Å². The predicted octanol–water partition coefficient (Wildman–Crippen LogP) is 2.11. The van der Waals surface area contributed by atoms with Gasteiger partial charge in [-0.05, 0) is 71.8 Å². The van der Waals surface area contributed by atoms with E-state index in [2.05, 4.69) is 73.5 Å². The molecule has 0 spiro atoms. The third-order valence-corrected chi connectivity index (χ3v) is 7.82. The van der Waals surface area contributed by atoms with Gasteiger partial charge in [-0.3, -0.25) is 5.43 Å². The Morgan fingerprint density at radius 3 is 1.68 bits per heavy atom. The molecule has 0 unspecified atom stereocenters. The van der Waals surface area contributed by atoms with Gasteiger partial charge in [0.1, 0.15) is 23.9 Å². The van der Waals surface area contributed by atoms with Crippen molar-refractivity contribution in [2.24, 2.45) is 24.3 Å². The lowest BCUT2D eigenvalue weighted by atomic mass is 10.2. The van der Waals surface area contributed by atoms with Crippen molar-refractivity contribution < 1.29 is 30.7 Å². The van der Waals surface area contributed by atoms with Crippen molar-refractivity contribution in [1.29, 1.82) is 0 Å². The van der Waals surface area contributed by atoms with Crippen LogP contribution in [0.1, 0.15) is 22.5 Å². The molecule has 0 aliphatic heterocycles. The van der Waals surface area contributed by atoms with E-state index in [1.165, 1.54) is 0 Å². The maximum atomic E-state index is 6.01. The number of aryl methyl sites for hydroxylation is 2. The van der Waals surface area contributed by atoms with E-state index in [1.54, 1.807) is 24.7 Å². The summed E-state index contributed by atoms with van der Waals surface area (Å²) in [6, 6.07) is 29.4. The van der Waals surface area contributed by atoms with E-state index in [0.29, 0.717) is 25.0 Å². The van der Waals surface area contributed by atoms with Crippen LogP contribution in [0, 0.1) is 0 Å².